The summed E-state index contributed by atoms with van der Waals surface area (Å²) in [5.74, 6) is 1.39. The number of nitrogens with one attached hydrogen (secondary N) is 2. The van der Waals surface area contributed by atoms with E-state index in [1.165, 1.54) is 23.3 Å². The third-order valence-corrected chi connectivity index (χ3v) is 5.95. The maximum Gasteiger partial charge on any atom is 0.416 e. The fraction of sp³-hybridized carbons (Fsp3) is 0.296. The molecule has 0 aromatic heterocycles. The summed E-state index contributed by atoms with van der Waals surface area (Å²) < 4.78 is 43.6. The molecule has 184 valence electrons. The van der Waals surface area contributed by atoms with Gasteiger partial charge in [0.2, 0.25) is 0 Å². The van der Waals surface area contributed by atoms with Crippen LogP contribution in [0.5, 0.6) is 11.5 Å². The molecule has 0 bridgehead atoms. The molecule has 1 atom stereocenters. The van der Waals surface area contributed by atoms with Gasteiger partial charge in [0.05, 0.1) is 5.56 Å². The van der Waals surface area contributed by atoms with Crippen LogP contribution >= 0.6 is 0 Å². The molecule has 0 aliphatic heterocycles. The number of fused-ring (bicyclic) bond motifs is 1. The van der Waals surface area contributed by atoms with Crippen LogP contribution in [-0.4, -0.2) is 31.6 Å². The van der Waals surface area contributed by atoms with Crippen LogP contribution in [0, 0.1) is 5.92 Å². The molecule has 1 aliphatic carbocycles. The molecule has 8 heteroatoms. The zero-order chi connectivity index (χ0) is 25.0. The number of carbonyl (C=O) groups is 1. The number of aryl methyl sites for hydroxylation is 1. The van der Waals surface area contributed by atoms with Crippen molar-refractivity contribution in [2.45, 2.75) is 25.4 Å². The van der Waals surface area contributed by atoms with E-state index < -0.39 is 11.7 Å². The van der Waals surface area contributed by atoms with Crippen molar-refractivity contribution in [3.8, 4) is 11.5 Å². The molecule has 0 spiro atoms. The van der Waals surface area contributed by atoms with Crippen molar-refractivity contribution in [3.63, 3.8) is 0 Å². The first-order valence-corrected chi connectivity index (χ1v) is 11.5. The molecule has 5 nitrogen and oxygen atoms in total. The number of halogens is 3. The average molecular weight is 484 g/mol. The summed E-state index contributed by atoms with van der Waals surface area (Å²) in [6.07, 6.45) is -1.19. The van der Waals surface area contributed by atoms with Crippen molar-refractivity contribution in [2.75, 3.05) is 31.3 Å². The van der Waals surface area contributed by atoms with E-state index in [0.717, 1.165) is 43.6 Å². The summed E-state index contributed by atoms with van der Waals surface area (Å²) in [7, 11) is 4.20. The quantitative estimate of drug-likeness (QED) is 0.405. The monoisotopic (exact) mass is 483 g/mol. The lowest BCUT2D eigenvalue weighted by atomic mass is 9.83. The summed E-state index contributed by atoms with van der Waals surface area (Å²) in [5, 5.41) is 5.65. The molecule has 3 aromatic carbocycles. The number of hydrogen-bond acceptors (Lipinski definition) is 3. The molecule has 0 heterocycles. The van der Waals surface area contributed by atoms with Crippen molar-refractivity contribution < 1.29 is 22.7 Å². The van der Waals surface area contributed by atoms with E-state index in [2.05, 4.69) is 35.7 Å². The maximum absolute atomic E-state index is 12.7. The van der Waals surface area contributed by atoms with Gasteiger partial charge in [0, 0.05) is 17.9 Å². The summed E-state index contributed by atoms with van der Waals surface area (Å²) in [4.78, 5) is 14.7. The van der Waals surface area contributed by atoms with Crippen LogP contribution in [0.25, 0.3) is 0 Å². The number of carbonyl (C=O) groups excluding carboxylic acids is 1. The van der Waals surface area contributed by atoms with Gasteiger partial charge in [0.25, 0.3) is 0 Å². The normalized spacial score (nSPS) is 15.4. The van der Waals surface area contributed by atoms with Gasteiger partial charge in [-0.05, 0) is 111 Å². The Hall–Kier alpha value is -3.52. The van der Waals surface area contributed by atoms with Gasteiger partial charge in [-0.25, -0.2) is 4.79 Å². The minimum atomic E-state index is -4.39. The van der Waals surface area contributed by atoms with E-state index in [-0.39, 0.29) is 11.8 Å². The highest BCUT2D eigenvalue weighted by molar-refractivity contribution is 5.99. The van der Waals surface area contributed by atoms with Gasteiger partial charge < -0.3 is 20.3 Å². The van der Waals surface area contributed by atoms with E-state index in [1.54, 1.807) is 24.3 Å². The van der Waals surface area contributed by atoms with Crippen LogP contribution < -0.4 is 15.4 Å². The summed E-state index contributed by atoms with van der Waals surface area (Å²) in [5.41, 5.74) is 3.20. The highest BCUT2D eigenvalue weighted by Crippen LogP contribution is 2.32. The topological polar surface area (TPSA) is 53.6 Å². The second kappa shape index (κ2) is 10.4. The fourth-order valence-electron chi connectivity index (χ4n) is 4.33. The first kappa shape index (κ1) is 24.6. The molecule has 3 aromatic rings. The van der Waals surface area contributed by atoms with E-state index in [9.17, 15) is 18.0 Å². The number of rotatable bonds is 6. The molecule has 2 amide bonds. The number of urea groups is 1. The first-order valence-electron chi connectivity index (χ1n) is 11.5. The SMILES string of the molecule is CN(C)CC1CCc2cc(NC(=O)Nc3ccc(Oc4ccc(C(F)(F)F)cc4)cc3)ccc2C1. The Bertz CT molecular complexity index is 1160. The van der Waals surface area contributed by atoms with Crippen LogP contribution in [0.3, 0.4) is 0 Å². The van der Waals surface area contributed by atoms with Gasteiger partial charge in [-0.15, -0.1) is 0 Å². The van der Waals surface area contributed by atoms with Gasteiger partial charge >= 0.3 is 12.2 Å². The van der Waals surface area contributed by atoms with Gasteiger partial charge in [0.15, 0.2) is 0 Å². The molecule has 0 fully saturated rings. The van der Waals surface area contributed by atoms with Crippen LogP contribution in [0.4, 0.5) is 29.3 Å². The van der Waals surface area contributed by atoms with Crippen LogP contribution in [0.15, 0.2) is 66.7 Å². The molecule has 0 saturated heterocycles. The second-order valence-electron chi connectivity index (χ2n) is 9.08. The third-order valence-electron chi connectivity index (χ3n) is 5.95. The highest BCUT2D eigenvalue weighted by Gasteiger charge is 2.30. The van der Waals surface area contributed by atoms with Crippen molar-refractivity contribution in [2.24, 2.45) is 5.92 Å². The number of nitrogens with zero attached hydrogens (tertiary/aromatic N) is 1. The van der Waals surface area contributed by atoms with Gasteiger partial charge in [0.1, 0.15) is 11.5 Å². The molecule has 0 radical (unpaired) electrons. The van der Waals surface area contributed by atoms with E-state index >= 15 is 0 Å². The van der Waals surface area contributed by atoms with Crippen LogP contribution in [0.2, 0.25) is 0 Å². The fourth-order valence-corrected chi connectivity index (χ4v) is 4.33. The highest BCUT2D eigenvalue weighted by atomic mass is 19.4. The van der Waals surface area contributed by atoms with E-state index in [4.69, 9.17) is 4.74 Å². The Morgan fingerprint density at radius 3 is 2.14 bits per heavy atom. The average Bonchev–Trinajstić information content (AvgIpc) is 2.80. The number of anilines is 2. The van der Waals surface area contributed by atoms with Crippen LogP contribution in [-0.2, 0) is 19.0 Å². The first-order chi connectivity index (χ1) is 16.7. The zero-order valence-electron chi connectivity index (χ0n) is 19.7. The van der Waals surface area contributed by atoms with Crippen molar-refractivity contribution in [1.82, 2.24) is 4.90 Å². The third kappa shape index (κ3) is 6.76. The Balaban J connectivity index is 1.30. The van der Waals surface area contributed by atoms with E-state index in [1.807, 2.05) is 12.1 Å². The Morgan fingerprint density at radius 2 is 1.51 bits per heavy atom. The standard InChI is InChI=1S/C27H28F3N3O2/c1-33(2)17-18-3-4-20-16-23(8-5-19(20)15-18)32-26(34)31-22-9-13-25(14-10-22)35-24-11-6-21(7-12-24)27(28,29)30/h5-14,16,18H,3-4,15,17H2,1-2H3,(H2,31,32,34). The molecule has 1 aliphatic rings. The van der Waals surface area contributed by atoms with Gasteiger partial charge in [-0.2, -0.15) is 13.2 Å². The minimum Gasteiger partial charge on any atom is -0.457 e. The predicted octanol–water partition coefficient (Wildman–Crippen LogP) is 6.81. The maximum atomic E-state index is 12.7. The largest absolute Gasteiger partial charge is 0.457 e. The zero-order valence-corrected chi connectivity index (χ0v) is 19.7. The number of ether oxygens (including phenoxy) is 1. The summed E-state index contributed by atoms with van der Waals surface area (Å²) in [6.45, 7) is 1.08. The number of hydrogen-bond donors (Lipinski definition) is 2. The van der Waals surface area contributed by atoms with E-state index in [0.29, 0.717) is 17.4 Å². The lowest BCUT2D eigenvalue weighted by Crippen LogP contribution is -2.26. The van der Waals surface area contributed by atoms with Gasteiger partial charge in [-0.1, -0.05) is 6.07 Å². The second-order valence-corrected chi connectivity index (χ2v) is 9.08. The Morgan fingerprint density at radius 1 is 0.914 bits per heavy atom. The minimum absolute atomic E-state index is 0.289. The summed E-state index contributed by atoms with van der Waals surface area (Å²) >= 11 is 0. The lowest BCUT2D eigenvalue weighted by Gasteiger charge is -2.27. The van der Waals surface area contributed by atoms with Crippen molar-refractivity contribution in [3.05, 3.63) is 83.4 Å². The Kier molecular flexibility index (Phi) is 7.31. The number of benzene rings is 3. The Labute approximate surface area is 202 Å². The lowest BCUT2D eigenvalue weighted by molar-refractivity contribution is -0.137. The van der Waals surface area contributed by atoms with Crippen molar-refractivity contribution >= 4 is 17.4 Å². The smallest absolute Gasteiger partial charge is 0.416 e. The summed E-state index contributed by atoms with van der Waals surface area (Å²) in [6, 6.07) is 16.8. The number of amides is 2. The molecule has 1 unspecified atom stereocenters. The van der Waals surface area contributed by atoms with Gasteiger partial charge in [-0.3, -0.25) is 0 Å². The van der Waals surface area contributed by atoms with Crippen LogP contribution in [0.1, 0.15) is 23.1 Å². The predicted molar refractivity (Wildman–Crippen MR) is 131 cm³/mol. The molecular formula is C27H28F3N3O2. The molecule has 0 saturated carbocycles. The molecular weight excluding hydrogens is 455 g/mol. The number of alkyl halides is 3. The molecule has 4 rings (SSSR count). The van der Waals surface area contributed by atoms with Crippen molar-refractivity contribution in [1.29, 1.82) is 0 Å². The molecule has 2 N–H and O–H groups in total. The molecule has 35 heavy (non-hydrogen) atoms.